The number of aromatic amines is 1. The highest BCUT2D eigenvalue weighted by molar-refractivity contribution is 6.12. The minimum absolute atomic E-state index is 0.263. The van der Waals surface area contributed by atoms with E-state index in [1.165, 1.54) is 0 Å². The molecule has 2 heterocycles. The van der Waals surface area contributed by atoms with Gasteiger partial charge < -0.3 is 15.2 Å². The van der Waals surface area contributed by atoms with Gasteiger partial charge in [0.25, 0.3) is 5.91 Å². The Labute approximate surface area is 139 Å². The van der Waals surface area contributed by atoms with Gasteiger partial charge in [0.05, 0.1) is 16.6 Å². The van der Waals surface area contributed by atoms with Crippen molar-refractivity contribution in [3.63, 3.8) is 0 Å². The molecule has 0 radical (unpaired) electrons. The van der Waals surface area contributed by atoms with Crippen LogP contribution in [0.25, 0.3) is 10.9 Å². The van der Waals surface area contributed by atoms with Gasteiger partial charge in [-0.05, 0) is 37.9 Å². The first-order chi connectivity index (χ1) is 11.6. The number of carbonyl (C=O) groups is 1. The van der Waals surface area contributed by atoms with Crippen molar-refractivity contribution in [3.05, 3.63) is 59.4 Å². The lowest BCUT2D eigenvalue weighted by molar-refractivity contribution is 0.102. The van der Waals surface area contributed by atoms with Crippen LogP contribution in [0.1, 0.15) is 21.5 Å². The van der Waals surface area contributed by atoms with Gasteiger partial charge in [-0.3, -0.25) is 4.79 Å². The first-order valence-corrected chi connectivity index (χ1v) is 7.49. The number of amides is 1. The molecule has 1 aromatic carbocycles. The van der Waals surface area contributed by atoms with Crippen LogP contribution in [0.3, 0.4) is 0 Å². The molecular formula is C18H17N5O. The van der Waals surface area contributed by atoms with Crippen LogP contribution in [0, 0.1) is 11.3 Å². The monoisotopic (exact) mass is 319 g/mol. The van der Waals surface area contributed by atoms with E-state index >= 15 is 0 Å². The van der Waals surface area contributed by atoms with Gasteiger partial charge >= 0.3 is 0 Å². The Kier molecular flexibility index (Phi) is 4.27. The van der Waals surface area contributed by atoms with Crippen molar-refractivity contribution in [2.75, 3.05) is 19.4 Å². The number of H-pyrrole nitrogens is 1. The normalized spacial score (nSPS) is 10.8. The number of hydrogen-bond donors (Lipinski definition) is 2. The van der Waals surface area contributed by atoms with E-state index in [-0.39, 0.29) is 5.91 Å². The van der Waals surface area contributed by atoms with Crippen LogP contribution < -0.4 is 5.32 Å². The van der Waals surface area contributed by atoms with E-state index < -0.39 is 0 Å². The summed E-state index contributed by atoms with van der Waals surface area (Å²) in [5.41, 5.74) is 2.71. The zero-order chi connectivity index (χ0) is 17.1. The second-order valence-corrected chi connectivity index (χ2v) is 5.78. The molecule has 0 aliphatic rings. The molecule has 0 bridgehead atoms. The van der Waals surface area contributed by atoms with E-state index in [4.69, 9.17) is 5.26 Å². The van der Waals surface area contributed by atoms with Crippen LogP contribution in [0.5, 0.6) is 0 Å². The zero-order valence-electron chi connectivity index (χ0n) is 13.5. The van der Waals surface area contributed by atoms with Crippen molar-refractivity contribution in [1.29, 1.82) is 5.26 Å². The van der Waals surface area contributed by atoms with Crippen molar-refractivity contribution in [2.45, 2.75) is 6.54 Å². The van der Waals surface area contributed by atoms with E-state index in [1.54, 1.807) is 24.5 Å². The highest BCUT2D eigenvalue weighted by Crippen LogP contribution is 2.22. The third-order valence-corrected chi connectivity index (χ3v) is 3.65. The molecule has 6 nitrogen and oxygen atoms in total. The van der Waals surface area contributed by atoms with E-state index in [1.807, 2.05) is 37.2 Å². The summed E-state index contributed by atoms with van der Waals surface area (Å²) >= 11 is 0. The molecule has 6 heteroatoms. The summed E-state index contributed by atoms with van der Waals surface area (Å²) < 4.78 is 0. The molecule has 3 rings (SSSR count). The van der Waals surface area contributed by atoms with Crippen LogP contribution in [0.15, 0.2) is 42.7 Å². The topological polar surface area (TPSA) is 84.8 Å². The maximum atomic E-state index is 12.6. The lowest BCUT2D eigenvalue weighted by Crippen LogP contribution is -2.15. The number of rotatable bonds is 4. The van der Waals surface area contributed by atoms with Gasteiger partial charge in [-0.1, -0.05) is 12.1 Å². The van der Waals surface area contributed by atoms with Gasteiger partial charge in [0.15, 0.2) is 0 Å². The fraction of sp³-hybridized carbons (Fsp3) is 0.167. The van der Waals surface area contributed by atoms with Crippen molar-refractivity contribution in [3.8, 4) is 6.07 Å². The van der Waals surface area contributed by atoms with Crippen molar-refractivity contribution >= 4 is 22.6 Å². The number of hydrogen-bond acceptors (Lipinski definition) is 4. The first kappa shape index (κ1) is 15.7. The largest absolute Gasteiger partial charge is 0.359 e. The van der Waals surface area contributed by atoms with Gasteiger partial charge in [0, 0.05) is 24.3 Å². The van der Waals surface area contributed by atoms with Crippen molar-refractivity contribution in [1.82, 2.24) is 14.9 Å². The standard InChI is InChI=1S/C18H17N5O/c1-23(2)11-12-6-7-20-16(8-12)22-18(24)15-5-3-4-14-13(9-19)10-21-17(14)15/h3-8,10,21H,11H2,1-2H3,(H,20,22,24). The van der Waals surface area contributed by atoms with E-state index in [0.29, 0.717) is 22.5 Å². The second kappa shape index (κ2) is 6.52. The number of carbonyl (C=O) groups excluding carboxylic acids is 1. The number of benzene rings is 1. The maximum absolute atomic E-state index is 12.6. The number of pyridine rings is 1. The predicted octanol–water partition coefficient (Wildman–Crippen LogP) is 2.75. The minimum atomic E-state index is -0.263. The quantitative estimate of drug-likeness (QED) is 0.774. The highest BCUT2D eigenvalue weighted by Gasteiger charge is 2.14. The SMILES string of the molecule is CN(C)Cc1ccnc(NC(=O)c2cccc3c(C#N)c[nH]c23)c1. The third kappa shape index (κ3) is 3.12. The van der Waals surface area contributed by atoms with Gasteiger partial charge in [-0.2, -0.15) is 5.26 Å². The lowest BCUT2D eigenvalue weighted by atomic mass is 10.1. The van der Waals surface area contributed by atoms with Crippen LogP contribution in [0.4, 0.5) is 5.82 Å². The number of aromatic nitrogens is 2. The van der Waals surface area contributed by atoms with Crippen LogP contribution in [0.2, 0.25) is 0 Å². The molecule has 0 aliphatic carbocycles. The van der Waals surface area contributed by atoms with Gasteiger partial charge in [0.2, 0.25) is 0 Å². The molecule has 2 N–H and O–H groups in total. The summed E-state index contributed by atoms with van der Waals surface area (Å²) in [7, 11) is 3.97. The molecule has 0 unspecified atom stereocenters. The second-order valence-electron chi connectivity index (χ2n) is 5.78. The van der Waals surface area contributed by atoms with E-state index in [0.717, 1.165) is 17.5 Å². The predicted molar refractivity (Wildman–Crippen MR) is 92.6 cm³/mol. The Bertz CT molecular complexity index is 936. The Morgan fingerprint density at radius 3 is 2.96 bits per heavy atom. The van der Waals surface area contributed by atoms with Gasteiger partial charge in [-0.15, -0.1) is 0 Å². The molecule has 0 aliphatic heterocycles. The number of nitrogens with one attached hydrogen (secondary N) is 2. The number of anilines is 1. The minimum Gasteiger partial charge on any atom is -0.359 e. The van der Waals surface area contributed by atoms with Crippen LogP contribution in [-0.2, 0) is 6.54 Å². The summed E-state index contributed by atoms with van der Waals surface area (Å²) in [4.78, 5) is 21.8. The summed E-state index contributed by atoms with van der Waals surface area (Å²) in [5, 5.41) is 12.7. The molecule has 0 spiro atoms. The molecule has 2 aromatic heterocycles. The van der Waals surface area contributed by atoms with E-state index in [9.17, 15) is 4.79 Å². The number of fused-ring (bicyclic) bond motifs is 1. The lowest BCUT2D eigenvalue weighted by Gasteiger charge is -2.11. The first-order valence-electron chi connectivity index (χ1n) is 7.49. The molecule has 0 atom stereocenters. The van der Waals surface area contributed by atoms with Crippen LogP contribution >= 0.6 is 0 Å². The number of nitrogens with zero attached hydrogens (tertiary/aromatic N) is 3. The molecule has 0 saturated carbocycles. The summed E-state index contributed by atoms with van der Waals surface area (Å²) in [6.07, 6.45) is 3.29. The van der Waals surface area contributed by atoms with E-state index in [2.05, 4.69) is 21.4 Å². The van der Waals surface area contributed by atoms with Gasteiger partial charge in [0.1, 0.15) is 11.9 Å². The maximum Gasteiger partial charge on any atom is 0.258 e. The number of nitriles is 1. The van der Waals surface area contributed by atoms with Crippen molar-refractivity contribution < 1.29 is 4.79 Å². The summed E-state index contributed by atoms with van der Waals surface area (Å²) in [5.74, 6) is 0.241. The fourth-order valence-electron chi connectivity index (χ4n) is 2.63. The molecule has 0 fully saturated rings. The third-order valence-electron chi connectivity index (χ3n) is 3.65. The van der Waals surface area contributed by atoms with Crippen molar-refractivity contribution in [2.24, 2.45) is 0 Å². The van der Waals surface area contributed by atoms with Crippen LogP contribution in [-0.4, -0.2) is 34.9 Å². The Morgan fingerprint density at radius 2 is 2.21 bits per heavy atom. The Balaban J connectivity index is 1.88. The average molecular weight is 319 g/mol. The summed E-state index contributed by atoms with van der Waals surface area (Å²) in [6.45, 7) is 0.767. The Hall–Kier alpha value is -3.17. The molecule has 3 aromatic rings. The molecule has 24 heavy (non-hydrogen) atoms. The Morgan fingerprint density at radius 1 is 1.38 bits per heavy atom. The number of para-hydroxylation sites is 1. The molecule has 0 saturated heterocycles. The molecular weight excluding hydrogens is 302 g/mol. The summed E-state index contributed by atoms with van der Waals surface area (Å²) in [6, 6.07) is 11.2. The molecule has 1 amide bonds. The highest BCUT2D eigenvalue weighted by atomic mass is 16.1. The fourth-order valence-corrected chi connectivity index (χ4v) is 2.63. The average Bonchev–Trinajstić information content (AvgIpc) is 2.97. The molecule has 120 valence electrons. The zero-order valence-corrected chi connectivity index (χ0v) is 13.5. The van der Waals surface area contributed by atoms with Gasteiger partial charge in [-0.25, -0.2) is 4.98 Å². The smallest absolute Gasteiger partial charge is 0.258 e.